The molecule has 0 bridgehead atoms. The normalized spacial score (nSPS) is 15.3. The zero-order chi connectivity index (χ0) is 17.8. The monoisotopic (exact) mass is 356 g/mol. The minimum Gasteiger partial charge on any atom is -0.486 e. The van der Waals surface area contributed by atoms with Crippen LogP contribution in [0.25, 0.3) is 0 Å². The predicted octanol–water partition coefficient (Wildman–Crippen LogP) is 3.14. The topological polar surface area (TPSA) is 70.7 Å². The van der Waals surface area contributed by atoms with Gasteiger partial charge >= 0.3 is 0 Å². The zero-order valence-electron chi connectivity index (χ0n) is 14.5. The SMILES string of the molecule is Fc1ccc(OCc2nc(Cn3cncn3)nn2C2CCCCC2)cc1. The third-order valence-corrected chi connectivity index (χ3v) is 4.62. The van der Waals surface area contributed by atoms with Crippen molar-refractivity contribution in [3.05, 3.63) is 54.4 Å². The highest BCUT2D eigenvalue weighted by Crippen LogP contribution is 2.28. The van der Waals surface area contributed by atoms with Gasteiger partial charge in [-0.15, -0.1) is 0 Å². The van der Waals surface area contributed by atoms with Crippen molar-refractivity contribution < 1.29 is 9.13 Å². The van der Waals surface area contributed by atoms with Crippen LogP contribution in [0.2, 0.25) is 0 Å². The van der Waals surface area contributed by atoms with Crippen molar-refractivity contribution in [1.29, 1.82) is 0 Å². The average Bonchev–Trinajstić information content (AvgIpc) is 3.32. The Bertz CT molecular complexity index is 824. The van der Waals surface area contributed by atoms with E-state index in [9.17, 15) is 4.39 Å². The molecular weight excluding hydrogens is 335 g/mol. The highest BCUT2D eigenvalue weighted by atomic mass is 19.1. The van der Waals surface area contributed by atoms with Gasteiger partial charge in [-0.1, -0.05) is 19.3 Å². The van der Waals surface area contributed by atoms with E-state index in [2.05, 4.69) is 15.1 Å². The molecule has 1 aliphatic rings. The molecule has 0 radical (unpaired) electrons. The number of hydrogen-bond donors (Lipinski definition) is 0. The van der Waals surface area contributed by atoms with Gasteiger partial charge in [0.2, 0.25) is 0 Å². The van der Waals surface area contributed by atoms with Crippen molar-refractivity contribution in [3.8, 4) is 5.75 Å². The molecule has 2 heterocycles. The van der Waals surface area contributed by atoms with Gasteiger partial charge in [0, 0.05) is 0 Å². The lowest BCUT2D eigenvalue weighted by molar-refractivity contribution is 0.261. The van der Waals surface area contributed by atoms with Gasteiger partial charge < -0.3 is 4.74 Å². The summed E-state index contributed by atoms with van der Waals surface area (Å²) in [5.74, 6) is 1.82. The molecule has 136 valence electrons. The maximum absolute atomic E-state index is 13.0. The maximum atomic E-state index is 13.0. The van der Waals surface area contributed by atoms with E-state index in [0.29, 0.717) is 30.8 Å². The first-order valence-electron chi connectivity index (χ1n) is 8.93. The molecule has 0 unspecified atom stereocenters. The fraction of sp³-hybridized carbons (Fsp3) is 0.444. The van der Waals surface area contributed by atoms with Crippen LogP contribution in [0.5, 0.6) is 5.75 Å². The Kier molecular flexibility index (Phi) is 4.90. The first kappa shape index (κ1) is 16.7. The number of ether oxygens (including phenoxy) is 1. The van der Waals surface area contributed by atoms with Crippen LogP contribution in [-0.2, 0) is 13.2 Å². The molecule has 3 aromatic rings. The summed E-state index contributed by atoms with van der Waals surface area (Å²) >= 11 is 0. The highest BCUT2D eigenvalue weighted by molar-refractivity contribution is 5.22. The molecule has 0 aliphatic heterocycles. The van der Waals surface area contributed by atoms with Crippen molar-refractivity contribution in [3.63, 3.8) is 0 Å². The van der Waals surface area contributed by atoms with Gasteiger partial charge in [0.25, 0.3) is 0 Å². The van der Waals surface area contributed by atoms with Gasteiger partial charge in [0.1, 0.15) is 37.4 Å². The van der Waals surface area contributed by atoms with E-state index in [-0.39, 0.29) is 5.82 Å². The lowest BCUT2D eigenvalue weighted by Gasteiger charge is -2.23. The Morgan fingerprint density at radius 1 is 1.12 bits per heavy atom. The second-order valence-electron chi connectivity index (χ2n) is 6.52. The number of benzene rings is 1. The van der Waals surface area contributed by atoms with E-state index >= 15 is 0 Å². The first-order valence-corrected chi connectivity index (χ1v) is 8.93. The van der Waals surface area contributed by atoms with Crippen molar-refractivity contribution in [1.82, 2.24) is 29.5 Å². The molecule has 0 N–H and O–H groups in total. The summed E-state index contributed by atoms with van der Waals surface area (Å²) in [6, 6.07) is 6.36. The Hall–Kier alpha value is -2.77. The van der Waals surface area contributed by atoms with Gasteiger partial charge in [0.05, 0.1) is 6.04 Å². The molecule has 2 aromatic heterocycles. The molecule has 1 saturated carbocycles. The van der Waals surface area contributed by atoms with E-state index in [1.54, 1.807) is 23.1 Å². The number of rotatable bonds is 6. The zero-order valence-corrected chi connectivity index (χ0v) is 14.5. The van der Waals surface area contributed by atoms with Gasteiger partial charge in [-0.3, -0.25) is 0 Å². The third-order valence-electron chi connectivity index (χ3n) is 4.62. The van der Waals surface area contributed by atoms with Crippen LogP contribution in [-0.4, -0.2) is 29.5 Å². The van der Waals surface area contributed by atoms with Gasteiger partial charge in [-0.2, -0.15) is 10.2 Å². The maximum Gasteiger partial charge on any atom is 0.172 e. The van der Waals surface area contributed by atoms with Gasteiger partial charge in [0.15, 0.2) is 11.6 Å². The molecule has 26 heavy (non-hydrogen) atoms. The van der Waals surface area contributed by atoms with Crippen LogP contribution in [0.4, 0.5) is 4.39 Å². The summed E-state index contributed by atoms with van der Waals surface area (Å²) < 4.78 is 22.6. The van der Waals surface area contributed by atoms with Crippen molar-refractivity contribution in [2.45, 2.75) is 51.3 Å². The summed E-state index contributed by atoms with van der Waals surface area (Å²) in [7, 11) is 0. The molecular formula is C18H21FN6O. The lowest BCUT2D eigenvalue weighted by Crippen LogP contribution is -2.18. The molecule has 1 aromatic carbocycles. The predicted molar refractivity (Wildman–Crippen MR) is 92.0 cm³/mol. The Morgan fingerprint density at radius 3 is 2.65 bits per heavy atom. The number of aromatic nitrogens is 6. The number of halogens is 1. The first-order chi connectivity index (χ1) is 12.8. The van der Waals surface area contributed by atoms with Crippen LogP contribution >= 0.6 is 0 Å². The second-order valence-corrected chi connectivity index (χ2v) is 6.52. The van der Waals surface area contributed by atoms with E-state index in [4.69, 9.17) is 9.84 Å². The standard InChI is InChI=1S/C18H21FN6O/c19-14-6-8-16(9-7-14)26-11-18-22-17(10-24-13-20-12-21-24)23-25(18)15-4-2-1-3-5-15/h6-9,12-13,15H,1-5,10-11H2. The summed E-state index contributed by atoms with van der Waals surface area (Å²) in [6.45, 7) is 0.774. The highest BCUT2D eigenvalue weighted by Gasteiger charge is 2.21. The lowest BCUT2D eigenvalue weighted by atomic mass is 9.96. The van der Waals surface area contributed by atoms with Crippen LogP contribution in [0.1, 0.15) is 49.8 Å². The fourth-order valence-corrected chi connectivity index (χ4v) is 3.33. The van der Waals surface area contributed by atoms with Crippen LogP contribution in [0.3, 0.4) is 0 Å². The Morgan fingerprint density at radius 2 is 1.92 bits per heavy atom. The third kappa shape index (κ3) is 3.89. The largest absolute Gasteiger partial charge is 0.486 e. The summed E-state index contributed by atoms with van der Waals surface area (Å²) in [5.41, 5.74) is 0. The van der Waals surface area contributed by atoms with E-state index in [1.165, 1.54) is 37.7 Å². The van der Waals surface area contributed by atoms with Crippen molar-refractivity contribution in [2.24, 2.45) is 0 Å². The molecule has 0 atom stereocenters. The molecule has 1 aliphatic carbocycles. The Balaban J connectivity index is 1.53. The molecule has 1 fully saturated rings. The molecule has 7 nitrogen and oxygen atoms in total. The van der Waals surface area contributed by atoms with Crippen LogP contribution in [0, 0.1) is 5.82 Å². The molecule has 0 spiro atoms. The smallest absolute Gasteiger partial charge is 0.172 e. The number of nitrogens with zero attached hydrogens (tertiary/aromatic N) is 6. The minimum atomic E-state index is -0.280. The van der Waals surface area contributed by atoms with Crippen LogP contribution < -0.4 is 4.74 Å². The van der Waals surface area contributed by atoms with Crippen LogP contribution in [0.15, 0.2) is 36.9 Å². The van der Waals surface area contributed by atoms with Gasteiger partial charge in [-0.25, -0.2) is 23.7 Å². The fourth-order valence-electron chi connectivity index (χ4n) is 3.33. The number of hydrogen-bond acceptors (Lipinski definition) is 5. The average molecular weight is 356 g/mol. The molecule has 0 amide bonds. The summed E-state index contributed by atoms with van der Waals surface area (Å²) in [6.07, 6.45) is 9.05. The minimum absolute atomic E-state index is 0.280. The quantitative estimate of drug-likeness (QED) is 0.678. The van der Waals surface area contributed by atoms with E-state index in [1.807, 2.05) is 4.68 Å². The summed E-state index contributed by atoms with van der Waals surface area (Å²) in [4.78, 5) is 8.61. The van der Waals surface area contributed by atoms with E-state index in [0.717, 1.165) is 18.7 Å². The summed E-state index contributed by atoms with van der Waals surface area (Å²) in [5, 5.41) is 8.83. The second kappa shape index (κ2) is 7.63. The van der Waals surface area contributed by atoms with E-state index < -0.39 is 0 Å². The molecule has 8 heteroatoms. The molecule has 0 saturated heterocycles. The van der Waals surface area contributed by atoms with Crippen molar-refractivity contribution >= 4 is 0 Å². The van der Waals surface area contributed by atoms with Gasteiger partial charge in [-0.05, 0) is 37.1 Å². The van der Waals surface area contributed by atoms with Crippen molar-refractivity contribution in [2.75, 3.05) is 0 Å². The Labute approximate surface area is 150 Å². The molecule has 4 rings (SSSR count).